The summed E-state index contributed by atoms with van der Waals surface area (Å²) in [7, 11) is 0. The maximum absolute atomic E-state index is 11.4. The van der Waals surface area contributed by atoms with E-state index >= 15 is 0 Å². The van der Waals surface area contributed by atoms with Gasteiger partial charge in [-0.05, 0) is 47.7 Å². The number of aryl methyl sites for hydroxylation is 1. The number of carbonyl (C=O) groups is 1. The quantitative estimate of drug-likeness (QED) is 0.787. The van der Waals surface area contributed by atoms with Gasteiger partial charge in [0.1, 0.15) is 0 Å². The molecular weight excluding hydrogens is 305 g/mol. The van der Waals surface area contributed by atoms with Crippen molar-refractivity contribution >= 4 is 34.8 Å². The molecule has 1 amide bonds. The van der Waals surface area contributed by atoms with Crippen molar-refractivity contribution in [2.75, 3.05) is 5.32 Å². The Bertz CT molecular complexity index is 712. The number of benzene rings is 2. The zero-order valence-electron chi connectivity index (χ0n) is 11.6. The molecule has 2 aromatic rings. The molecule has 0 fully saturated rings. The number of carbonyl (C=O) groups excluding carboxylic acids is 1. The Morgan fingerprint density at radius 1 is 1.19 bits per heavy atom. The van der Waals surface area contributed by atoms with Crippen molar-refractivity contribution in [2.24, 2.45) is 0 Å². The maximum Gasteiger partial charge on any atom is 0.224 e. The van der Waals surface area contributed by atoms with E-state index in [0.717, 1.165) is 39.4 Å². The molecule has 1 atom stereocenters. The third kappa shape index (κ3) is 2.78. The molecule has 0 aliphatic carbocycles. The van der Waals surface area contributed by atoms with E-state index < -0.39 is 0 Å². The van der Waals surface area contributed by atoms with Crippen LogP contribution in [-0.4, -0.2) is 5.91 Å². The summed E-state index contributed by atoms with van der Waals surface area (Å²) in [5.41, 5.74) is 5.07. The van der Waals surface area contributed by atoms with Crippen molar-refractivity contribution in [1.29, 1.82) is 0 Å². The lowest BCUT2D eigenvalue weighted by Crippen LogP contribution is -2.19. The lowest BCUT2D eigenvalue weighted by Gasteiger charge is -2.20. The van der Waals surface area contributed by atoms with Gasteiger partial charge in [0.05, 0.1) is 5.38 Å². The Balaban J connectivity index is 1.97. The van der Waals surface area contributed by atoms with Gasteiger partial charge in [0.2, 0.25) is 5.91 Å². The Labute approximate surface area is 134 Å². The van der Waals surface area contributed by atoms with Crippen molar-refractivity contribution < 1.29 is 4.79 Å². The van der Waals surface area contributed by atoms with Crippen LogP contribution in [0, 0.1) is 6.92 Å². The molecule has 2 nitrogen and oxygen atoms in total. The van der Waals surface area contributed by atoms with Crippen LogP contribution < -0.4 is 5.32 Å². The van der Waals surface area contributed by atoms with Crippen molar-refractivity contribution in [1.82, 2.24) is 0 Å². The minimum atomic E-state index is -0.244. The predicted molar refractivity (Wildman–Crippen MR) is 87.3 cm³/mol. The maximum atomic E-state index is 11.4. The first-order valence-corrected chi connectivity index (χ1v) is 7.69. The minimum absolute atomic E-state index is 0.0726. The molecule has 1 unspecified atom stereocenters. The van der Waals surface area contributed by atoms with Gasteiger partial charge < -0.3 is 5.32 Å². The van der Waals surface area contributed by atoms with E-state index in [4.69, 9.17) is 23.2 Å². The summed E-state index contributed by atoms with van der Waals surface area (Å²) in [6.45, 7) is 1.98. The molecule has 3 rings (SSSR count). The molecule has 21 heavy (non-hydrogen) atoms. The van der Waals surface area contributed by atoms with E-state index in [1.807, 2.05) is 37.3 Å². The summed E-state index contributed by atoms with van der Waals surface area (Å²) in [5, 5.41) is 3.36. The van der Waals surface area contributed by atoms with Crippen molar-refractivity contribution in [3.05, 3.63) is 63.7 Å². The number of hydrogen-bond donors (Lipinski definition) is 1. The van der Waals surface area contributed by atoms with Crippen molar-refractivity contribution in [2.45, 2.75) is 25.1 Å². The average Bonchev–Trinajstić information content (AvgIpc) is 2.49. The zero-order valence-corrected chi connectivity index (χ0v) is 13.1. The van der Waals surface area contributed by atoms with E-state index in [-0.39, 0.29) is 11.3 Å². The van der Waals surface area contributed by atoms with Crippen LogP contribution in [0.15, 0.2) is 36.4 Å². The summed E-state index contributed by atoms with van der Waals surface area (Å²) in [6.07, 6.45) is 1.28. The highest BCUT2D eigenvalue weighted by Gasteiger charge is 2.19. The van der Waals surface area contributed by atoms with Gasteiger partial charge in [0.15, 0.2) is 0 Å². The summed E-state index contributed by atoms with van der Waals surface area (Å²) < 4.78 is 0. The topological polar surface area (TPSA) is 29.1 Å². The molecule has 108 valence electrons. The summed E-state index contributed by atoms with van der Waals surface area (Å²) in [4.78, 5) is 11.4. The molecule has 4 heteroatoms. The summed E-state index contributed by atoms with van der Waals surface area (Å²) in [5.74, 6) is 0.0726. The van der Waals surface area contributed by atoms with Gasteiger partial charge in [-0.25, -0.2) is 0 Å². The highest BCUT2D eigenvalue weighted by atomic mass is 35.5. The van der Waals surface area contributed by atoms with Gasteiger partial charge in [0.25, 0.3) is 0 Å². The Hall–Kier alpha value is -1.51. The molecule has 0 saturated carbocycles. The number of nitrogens with one attached hydrogen (secondary N) is 1. The number of fused-ring (bicyclic) bond motifs is 1. The number of hydrogen-bond acceptors (Lipinski definition) is 1. The largest absolute Gasteiger partial charge is 0.326 e. The number of amides is 1. The van der Waals surface area contributed by atoms with E-state index in [9.17, 15) is 4.79 Å². The fraction of sp³-hybridized carbons (Fsp3) is 0.235. The van der Waals surface area contributed by atoms with Gasteiger partial charge in [-0.3, -0.25) is 4.79 Å². The summed E-state index contributed by atoms with van der Waals surface area (Å²) in [6, 6.07) is 11.7. The molecular formula is C17H15Cl2NO. The van der Waals surface area contributed by atoms with Gasteiger partial charge in [-0.2, -0.15) is 0 Å². The normalized spacial score (nSPS) is 15.3. The molecule has 0 bridgehead atoms. The first-order chi connectivity index (χ1) is 10.1. The standard InChI is InChI=1S/C17H15Cl2NO/c1-10-13(3-2-4-14(10)18)17(19)12-5-7-15-11(9-12)6-8-16(21)20-15/h2-5,7,9,17H,6,8H2,1H3,(H,20,21). The third-order valence-corrected chi connectivity index (χ3v) is 4.80. The molecule has 0 radical (unpaired) electrons. The molecule has 1 N–H and O–H groups in total. The molecule has 0 aromatic heterocycles. The molecule has 0 spiro atoms. The monoisotopic (exact) mass is 319 g/mol. The van der Waals surface area contributed by atoms with Gasteiger partial charge >= 0.3 is 0 Å². The first kappa shape index (κ1) is 14.4. The highest BCUT2D eigenvalue weighted by molar-refractivity contribution is 6.31. The highest BCUT2D eigenvalue weighted by Crippen LogP contribution is 2.35. The predicted octanol–water partition coefficient (Wildman–Crippen LogP) is 4.86. The van der Waals surface area contributed by atoms with Crippen molar-refractivity contribution in [3.63, 3.8) is 0 Å². The third-order valence-electron chi connectivity index (χ3n) is 3.90. The van der Waals surface area contributed by atoms with Crippen LogP contribution in [-0.2, 0) is 11.2 Å². The number of alkyl halides is 1. The molecule has 1 heterocycles. The van der Waals surface area contributed by atoms with Crippen molar-refractivity contribution in [3.8, 4) is 0 Å². The van der Waals surface area contributed by atoms with Crippen LogP contribution in [0.4, 0.5) is 5.69 Å². The second-order valence-electron chi connectivity index (χ2n) is 5.28. The number of rotatable bonds is 2. The second kappa shape index (κ2) is 5.70. The molecule has 1 aliphatic heterocycles. The van der Waals surface area contributed by atoms with Crippen LogP contribution in [0.2, 0.25) is 5.02 Å². The average molecular weight is 320 g/mol. The van der Waals surface area contributed by atoms with E-state index in [1.165, 1.54) is 0 Å². The molecule has 0 saturated heterocycles. The van der Waals surface area contributed by atoms with Crippen LogP contribution >= 0.6 is 23.2 Å². The smallest absolute Gasteiger partial charge is 0.224 e. The fourth-order valence-corrected chi connectivity index (χ4v) is 3.19. The molecule has 1 aliphatic rings. The number of halogens is 2. The van der Waals surface area contributed by atoms with Crippen LogP contribution in [0.1, 0.15) is 34.1 Å². The Morgan fingerprint density at radius 3 is 2.81 bits per heavy atom. The zero-order chi connectivity index (χ0) is 15.0. The Morgan fingerprint density at radius 2 is 2.00 bits per heavy atom. The van der Waals surface area contributed by atoms with Gasteiger partial charge in [0, 0.05) is 17.1 Å². The van der Waals surface area contributed by atoms with E-state index in [1.54, 1.807) is 0 Å². The van der Waals surface area contributed by atoms with Gasteiger partial charge in [-0.15, -0.1) is 11.6 Å². The van der Waals surface area contributed by atoms with Crippen LogP contribution in [0.3, 0.4) is 0 Å². The lowest BCUT2D eigenvalue weighted by molar-refractivity contribution is -0.116. The lowest BCUT2D eigenvalue weighted by atomic mass is 9.95. The van der Waals surface area contributed by atoms with Crippen LogP contribution in [0.5, 0.6) is 0 Å². The SMILES string of the molecule is Cc1c(Cl)cccc1C(Cl)c1ccc2c(c1)CCC(=O)N2. The van der Waals surface area contributed by atoms with E-state index in [0.29, 0.717) is 6.42 Å². The first-order valence-electron chi connectivity index (χ1n) is 6.88. The Kier molecular flexibility index (Phi) is 3.92. The fourth-order valence-electron chi connectivity index (χ4n) is 2.64. The second-order valence-corrected chi connectivity index (χ2v) is 6.13. The van der Waals surface area contributed by atoms with E-state index in [2.05, 4.69) is 11.4 Å². The van der Waals surface area contributed by atoms with Crippen LogP contribution in [0.25, 0.3) is 0 Å². The summed E-state index contributed by atoms with van der Waals surface area (Å²) >= 11 is 12.8. The van der Waals surface area contributed by atoms with Gasteiger partial charge in [-0.1, -0.05) is 35.9 Å². The molecule has 2 aromatic carbocycles. The minimum Gasteiger partial charge on any atom is -0.326 e. The number of anilines is 1.